The summed E-state index contributed by atoms with van der Waals surface area (Å²) in [5, 5.41) is 5.69. The van der Waals surface area contributed by atoms with E-state index >= 15 is 0 Å². The van der Waals surface area contributed by atoms with Crippen molar-refractivity contribution in [2.75, 3.05) is 5.32 Å². The Kier molecular flexibility index (Phi) is 4.55. The van der Waals surface area contributed by atoms with Crippen molar-refractivity contribution in [3.8, 4) is 0 Å². The summed E-state index contributed by atoms with van der Waals surface area (Å²) in [5.74, 6) is -0.0198. The molecule has 0 unspecified atom stereocenters. The van der Waals surface area contributed by atoms with Crippen LogP contribution in [0.25, 0.3) is 0 Å². The van der Waals surface area contributed by atoms with Gasteiger partial charge in [-0.1, -0.05) is 35.0 Å². The van der Waals surface area contributed by atoms with Gasteiger partial charge in [-0.25, -0.2) is 0 Å². The molecule has 4 heteroatoms. The first-order valence-electron chi connectivity index (χ1n) is 5.77. The molecular formula is C14H14BrNOS. The first-order chi connectivity index (χ1) is 8.74. The predicted molar refractivity (Wildman–Crippen MR) is 80.7 cm³/mol. The number of benzene rings is 1. The Hall–Kier alpha value is -1.13. The summed E-state index contributed by atoms with van der Waals surface area (Å²) in [6, 6.07) is 9.86. The van der Waals surface area contributed by atoms with Gasteiger partial charge in [0.05, 0.1) is 4.88 Å². The van der Waals surface area contributed by atoms with Gasteiger partial charge in [0.2, 0.25) is 0 Å². The summed E-state index contributed by atoms with van der Waals surface area (Å²) in [5.41, 5.74) is 3.09. The Balaban J connectivity index is 2.16. The predicted octanol–water partition coefficient (Wildman–Crippen LogP) is 4.46. The molecule has 0 spiro atoms. The Morgan fingerprint density at radius 1 is 1.39 bits per heavy atom. The fourth-order valence-corrected chi connectivity index (χ4v) is 2.97. The standard InChI is InChI=1S/C14H14BrNOS/c1-2-11-6-7-18-13(11)14(17)16-12-5-3-4-10(8-12)9-15/h3-8H,2,9H2,1H3,(H,16,17). The maximum absolute atomic E-state index is 12.1. The molecule has 1 heterocycles. The van der Waals surface area contributed by atoms with E-state index in [1.165, 1.54) is 11.3 Å². The minimum atomic E-state index is -0.0198. The van der Waals surface area contributed by atoms with Crippen LogP contribution in [-0.2, 0) is 11.8 Å². The lowest BCUT2D eigenvalue weighted by Crippen LogP contribution is -2.12. The van der Waals surface area contributed by atoms with E-state index in [9.17, 15) is 4.79 Å². The van der Waals surface area contributed by atoms with Crippen LogP contribution >= 0.6 is 27.3 Å². The largest absolute Gasteiger partial charge is 0.321 e. The third-order valence-electron chi connectivity index (χ3n) is 2.67. The minimum absolute atomic E-state index is 0.0198. The maximum Gasteiger partial charge on any atom is 0.266 e. The second kappa shape index (κ2) is 6.16. The van der Waals surface area contributed by atoms with Crippen LogP contribution < -0.4 is 5.32 Å². The molecule has 1 aromatic carbocycles. The van der Waals surface area contributed by atoms with Crippen molar-refractivity contribution >= 4 is 38.9 Å². The number of amides is 1. The average Bonchev–Trinajstić information content (AvgIpc) is 2.87. The van der Waals surface area contributed by atoms with Crippen LogP contribution in [0.15, 0.2) is 35.7 Å². The summed E-state index contributed by atoms with van der Waals surface area (Å²) in [7, 11) is 0. The number of carbonyl (C=O) groups excluding carboxylic acids is 1. The first-order valence-corrected chi connectivity index (χ1v) is 7.77. The molecule has 2 rings (SSSR count). The van der Waals surface area contributed by atoms with Crippen molar-refractivity contribution in [1.82, 2.24) is 0 Å². The topological polar surface area (TPSA) is 29.1 Å². The van der Waals surface area contributed by atoms with Crippen molar-refractivity contribution in [3.05, 3.63) is 51.7 Å². The summed E-state index contributed by atoms with van der Waals surface area (Å²) in [6.45, 7) is 2.06. The van der Waals surface area contributed by atoms with Gasteiger partial charge in [-0.15, -0.1) is 11.3 Å². The molecule has 0 atom stereocenters. The molecule has 2 nitrogen and oxygen atoms in total. The minimum Gasteiger partial charge on any atom is -0.321 e. The molecule has 1 aromatic heterocycles. The Morgan fingerprint density at radius 2 is 2.22 bits per heavy atom. The van der Waals surface area contributed by atoms with E-state index in [0.29, 0.717) is 0 Å². The van der Waals surface area contributed by atoms with Crippen LogP contribution in [0.5, 0.6) is 0 Å². The van der Waals surface area contributed by atoms with E-state index in [2.05, 4.69) is 28.2 Å². The smallest absolute Gasteiger partial charge is 0.266 e. The fraction of sp³-hybridized carbons (Fsp3) is 0.214. The lowest BCUT2D eigenvalue weighted by atomic mass is 10.2. The fourth-order valence-electron chi connectivity index (χ4n) is 1.73. The zero-order chi connectivity index (χ0) is 13.0. The van der Waals surface area contributed by atoms with E-state index in [1.54, 1.807) is 0 Å². The van der Waals surface area contributed by atoms with Crippen molar-refractivity contribution in [2.45, 2.75) is 18.7 Å². The molecule has 0 aliphatic heterocycles. The van der Waals surface area contributed by atoms with Gasteiger partial charge in [0.25, 0.3) is 5.91 Å². The third-order valence-corrected chi connectivity index (χ3v) is 4.28. The van der Waals surface area contributed by atoms with Crippen molar-refractivity contribution < 1.29 is 4.79 Å². The van der Waals surface area contributed by atoms with Crippen LogP contribution in [-0.4, -0.2) is 5.91 Å². The highest BCUT2D eigenvalue weighted by Crippen LogP contribution is 2.20. The van der Waals surface area contributed by atoms with E-state index in [1.807, 2.05) is 35.7 Å². The normalized spacial score (nSPS) is 10.3. The number of thiophene rings is 1. The molecule has 18 heavy (non-hydrogen) atoms. The van der Waals surface area contributed by atoms with Crippen LogP contribution in [0.4, 0.5) is 5.69 Å². The van der Waals surface area contributed by atoms with Gasteiger partial charge in [-0.3, -0.25) is 4.79 Å². The van der Waals surface area contributed by atoms with Gasteiger partial charge in [0.1, 0.15) is 0 Å². The third kappa shape index (κ3) is 3.00. The molecule has 0 bridgehead atoms. The second-order valence-electron chi connectivity index (χ2n) is 3.92. The van der Waals surface area contributed by atoms with Crippen molar-refractivity contribution in [1.29, 1.82) is 0 Å². The van der Waals surface area contributed by atoms with Crippen LogP contribution in [0.2, 0.25) is 0 Å². The Bertz CT molecular complexity index is 550. The van der Waals surface area contributed by atoms with E-state index in [-0.39, 0.29) is 5.91 Å². The van der Waals surface area contributed by atoms with Crippen LogP contribution in [0.1, 0.15) is 27.7 Å². The Labute approximate surface area is 119 Å². The summed E-state index contributed by atoms with van der Waals surface area (Å²) in [6.07, 6.45) is 0.883. The van der Waals surface area contributed by atoms with Crippen LogP contribution in [0, 0.1) is 0 Å². The number of nitrogens with one attached hydrogen (secondary N) is 1. The summed E-state index contributed by atoms with van der Waals surface area (Å²) >= 11 is 4.90. The molecule has 0 fully saturated rings. The molecular weight excluding hydrogens is 310 g/mol. The van der Waals surface area contributed by atoms with Gasteiger partial charge >= 0.3 is 0 Å². The highest BCUT2D eigenvalue weighted by Gasteiger charge is 2.12. The SMILES string of the molecule is CCc1ccsc1C(=O)Nc1cccc(CBr)c1. The van der Waals surface area contributed by atoms with Crippen molar-refractivity contribution in [2.24, 2.45) is 0 Å². The van der Waals surface area contributed by atoms with Gasteiger partial charge in [-0.2, -0.15) is 0 Å². The van der Waals surface area contributed by atoms with E-state index < -0.39 is 0 Å². The number of rotatable bonds is 4. The lowest BCUT2D eigenvalue weighted by molar-refractivity contribution is 0.103. The van der Waals surface area contributed by atoms with Gasteiger partial charge in [0.15, 0.2) is 0 Å². The zero-order valence-corrected chi connectivity index (χ0v) is 12.5. The molecule has 1 amide bonds. The number of anilines is 1. The number of alkyl halides is 1. The number of hydrogen-bond acceptors (Lipinski definition) is 2. The molecule has 94 valence electrons. The van der Waals surface area contributed by atoms with E-state index in [0.717, 1.165) is 33.4 Å². The lowest BCUT2D eigenvalue weighted by Gasteiger charge is -2.06. The molecule has 0 saturated heterocycles. The highest BCUT2D eigenvalue weighted by molar-refractivity contribution is 9.08. The monoisotopic (exact) mass is 323 g/mol. The average molecular weight is 324 g/mol. The van der Waals surface area contributed by atoms with Gasteiger partial charge in [0, 0.05) is 11.0 Å². The number of carbonyl (C=O) groups is 1. The second-order valence-corrected chi connectivity index (χ2v) is 5.39. The quantitative estimate of drug-likeness (QED) is 0.827. The van der Waals surface area contributed by atoms with Crippen molar-refractivity contribution in [3.63, 3.8) is 0 Å². The zero-order valence-electron chi connectivity index (χ0n) is 10.1. The van der Waals surface area contributed by atoms with Crippen LogP contribution in [0.3, 0.4) is 0 Å². The summed E-state index contributed by atoms with van der Waals surface area (Å²) in [4.78, 5) is 12.9. The molecule has 1 N–H and O–H groups in total. The van der Waals surface area contributed by atoms with Gasteiger partial charge in [-0.05, 0) is 41.1 Å². The number of hydrogen-bond donors (Lipinski definition) is 1. The molecule has 0 saturated carbocycles. The Morgan fingerprint density at radius 3 is 2.94 bits per heavy atom. The highest BCUT2D eigenvalue weighted by atomic mass is 79.9. The van der Waals surface area contributed by atoms with E-state index in [4.69, 9.17) is 0 Å². The molecule has 0 aliphatic carbocycles. The first kappa shape index (κ1) is 13.3. The number of aryl methyl sites for hydroxylation is 1. The molecule has 0 aliphatic rings. The van der Waals surface area contributed by atoms with Gasteiger partial charge < -0.3 is 5.32 Å². The molecule has 2 aromatic rings. The number of halogens is 1. The maximum atomic E-state index is 12.1. The summed E-state index contributed by atoms with van der Waals surface area (Å²) < 4.78 is 0. The molecule has 0 radical (unpaired) electrons.